The summed E-state index contributed by atoms with van der Waals surface area (Å²) in [5.41, 5.74) is 7.36. The number of hydrogen-bond donors (Lipinski definition) is 1. The highest BCUT2D eigenvalue weighted by molar-refractivity contribution is 5.14. The molecule has 1 heterocycles. The minimum Gasteiger partial charge on any atom is -0.328 e. The molecular formula is C14H22N2. The maximum Gasteiger partial charge on any atom is 0.0233 e. The Morgan fingerprint density at radius 1 is 1.25 bits per heavy atom. The van der Waals surface area contributed by atoms with Crippen LogP contribution >= 0.6 is 0 Å². The molecule has 1 aromatic carbocycles. The predicted molar refractivity (Wildman–Crippen MR) is 68.1 cm³/mol. The smallest absolute Gasteiger partial charge is 0.0233 e. The Labute approximate surface area is 98.4 Å². The molecule has 0 spiro atoms. The average molecular weight is 218 g/mol. The summed E-state index contributed by atoms with van der Waals surface area (Å²) in [7, 11) is 0. The topological polar surface area (TPSA) is 29.3 Å². The fourth-order valence-corrected chi connectivity index (χ4v) is 2.48. The molecule has 2 N–H and O–H groups in total. The number of piperidine rings is 1. The second-order valence-electron chi connectivity index (χ2n) is 4.96. The van der Waals surface area contributed by atoms with Gasteiger partial charge in [0.1, 0.15) is 0 Å². The van der Waals surface area contributed by atoms with Crippen molar-refractivity contribution >= 4 is 0 Å². The lowest BCUT2D eigenvalue weighted by Gasteiger charge is -2.33. The second-order valence-corrected chi connectivity index (χ2v) is 4.96. The van der Waals surface area contributed by atoms with Gasteiger partial charge in [0.25, 0.3) is 0 Å². The Balaban J connectivity index is 1.82. The van der Waals surface area contributed by atoms with Crippen LogP contribution in [0.1, 0.15) is 25.3 Å². The van der Waals surface area contributed by atoms with Crippen LogP contribution in [-0.4, -0.2) is 24.0 Å². The molecule has 2 heteroatoms. The molecule has 0 bridgehead atoms. The highest BCUT2D eigenvalue weighted by atomic mass is 15.1. The highest BCUT2D eigenvalue weighted by Gasteiger charge is 2.21. The molecule has 1 atom stereocenters. The van der Waals surface area contributed by atoms with E-state index in [1.807, 2.05) is 0 Å². The van der Waals surface area contributed by atoms with Gasteiger partial charge in [-0.1, -0.05) is 30.3 Å². The minimum atomic E-state index is 0.360. The number of nitrogens with zero attached hydrogens (tertiary/aromatic N) is 1. The van der Waals surface area contributed by atoms with E-state index in [2.05, 4.69) is 42.2 Å². The molecule has 1 aromatic rings. The maximum absolute atomic E-state index is 5.95. The van der Waals surface area contributed by atoms with E-state index in [-0.39, 0.29) is 0 Å². The van der Waals surface area contributed by atoms with Gasteiger partial charge in [0, 0.05) is 12.6 Å². The van der Waals surface area contributed by atoms with Gasteiger partial charge >= 0.3 is 0 Å². The second kappa shape index (κ2) is 5.46. The summed E-state index contributed by atoms with van der Waals surface area (Å²) in [6, 6.07) is 11.1. The van der Waals surface area contributed by atoms with Gasteiger partial charge in [0.2, 0.25) is 0 Å². The summed E-state index contributed by atoms with van der Waals surface area (Å²) in [5, 5.41) is 0. The van der Waals surface area contributed by atoms with Crippen LogP contribution < -0.4 is 5.73 Å². The lowest BCUT2D eigenvalue weighted by Crippen LogP contribution is -2.39. The van der Waals surface area contributed by atoms with Gasteiger partial charge in [-0.3, -0.25) is 4.90 Å². The van der Waals surface area contributed by atoms with E-state index in [4.69, 9.17) is 5.73 Å². The van der Waals surface area contributed by atoms with Crippen molar-refractivity contribution in [2.75, 3.05) is 13.1 Å². The monoisotopic (exact) mass is 218 g/mol. The molecule has 1 fully saturated rings. The zero-order valence-corrected chi connectivity index (χ0v) is 10.1. The van der Waals surface area contributed by atoms with Crippen LogP contribution in [0.3, 0.4) is 0 Å². The van der Waals surface area contributed by atoms with Crippen LogP contribution in [0.15, 0.2) is 30.3 Å². The molecule has 1 aliphatic rings. The number of benzene rings is 1. The quantitative estimate of drug-likeness (QED) is 0.843. The molecule has 1 aliphatic heterocycles. The number of rotatable bonds is 3. The normalized spacial score (nSPS) is 20.9. The van der Waals surface area contributed by atoms with Crippen LogP contribution in [0, 0.1) is 5.92 Å². The summed E-state index contributed by atoms with van der Waals surface area (Å²) in [4.78, 5) is 2.54. The maximum atomic E-state index is 5.95. The van der Waals surface area contributed by atoms with E-state index in [9.17, 15) is 0 Å². The van der Waals surface area contributed by atoms with Crippen molar-refractivity contribution in [3.63, 3.8) is 0 Å². The first kappa shape index (κ1) is 11.6. The first-order valence-electron chi connectivity index (χ1n) is 6.27. The first-order chi connectivity index (χ1) is 7.75. The zero-order chi connectivity index (χ0) is 11.4. The van der Waals surface area contributed by atoms with Crippen molar-refractivity contribution in [2.45, 2.75) is 32.4 Å². The molecular weight excluding hydrogens is 196 g/mol. The van der Waals surface area contributed by atoms with E-state index in [1.165, 1.54) is 31.5 Å². The Bertz CT molecular complexity index is 300. The molecule has 0 unspecified atom stereocenters. The molecule has 2 rings (SSSR count). The van der Waals surface area contributed by atoms with Crippen LogP contribution in [-0.2, 0) is 6.54 Å². The van der Waals surface area contributed by atoms with Crippen molar-refractivity contribution < 1.29 is 0 Å². The third-order valence-electron chi connectivity index (χ3n) is 3.62. The van der Waals surface area contributed by atoms with Gasteiger partial charge in [0.15, 0.2) is 0 Å². The van der Waals surface area contributed by atoms with Crippen LogP contribution in [0.4, 0.5) is 0 Å². The Kier molecular flexibility index (Phi) is 3.97. The largest absolute Gasteiger partial charge is 0.328 e. The van der Waals surface area contributed by atoms with Crippen molar-refractivity contribution in [1.82, 2.24) is 4.90 Å². The summed E-state index contributed by atoms with van der Waals surface area (Å²) >= 11 is 0. The lowest BCUT2D eigenvalue weighted by molar-refractivity contribution is 0.166. The number of nitrogens with two attached hydrogens (primary N) is 1. The van der Waals surface area contributed by atoms with Crippen LogP contribution in [0.2, 0.25) is 0 Å². The van der Waals surface area contributed by atoms with Crippen LogP contribution in [0.25, 0.3) is 0 Å². The van der Waals surface area contributed by atoms with E-state index >= 15 is 0 Å². The van der Waals surface area contributed by atoms with Crippen LogP contribution in [0.5, 0.6) is 0 Å². The minimum absolute atomic E-state index is 0.360. The number of hydrogen-bond acceptors (Lipinski definition) is 2. The Morgan fingerprint density at radius 3 is 2.44 bits per heavy atom. The van der Waals surface area contributed by atoms with E-state index in [1.54, 1.807) is 0 Å². The highest BCUT2D eigenvalue weighted by Crippen LogP contribution is 2.20. The summed E-state index contributed by atoms with van der Waals surface area (Å²) in [6.45, 7) is 5.62. The Morgan fingerprint density at radius 2 is 1.88 bits per heavy atom. The van der Waals surface area contributed by atoms with Gasteiger partial charge in [-0.25, -0.2) is 0 Å². The van der Waals surface area contributed by atoms with Gasteiger partial charge in [-0.05, 0) is 44.3 Å². The SMILES string of the molecule is C[C@@H](N)C1CCN(Cc2ccccc2)CC1. The summed E-state index contributed by atoms with van der Waals surface area (Å²) in [6.07, 6.45) is 2.51. The summed E-state index contributed by atoms with van der Waals surface area (Å²) < 4.78 is 0. The van der Waals surface area contributed by atoms with Gasteiger partial charge in [0.05, 0.1) is 0 Å². The third kappa shape index (κ3) is 3.06. The molecule has 0 amide bonds. The lowest BCUT2D eigenvalue weighted by atomic mass is 9.91. The molecule has 1 saturated heterocycles. The zero-order valence-electron chi connectivity index (χ0n) is 10.1. The fraction of sp³-hybridized carbons (Fsp3) is 0.571. The molecule has 16 heavy (non-hydrogen) atoms. The van der Waals surface area contributed by atoms with Crippen molar-refractivity contribution in [3.8, 4) is 0 Å². The molecule has 88 valence electrons. The van der Waals surface area contributed by atoms with Gasteiger partial charge < -0.3 is 5.73 Å². The van der Waals surface area contributed by atoms with Crippen molar-refractivity contribution in [3.05, 3.63) is 35.9 Å². The predicted octanol–water partition coefficient (Wildman–Crippen LogP) is 2.25. The van der Waals surface area contributed by atoms with Crippen molar-refractivity contribution in [2.24, 2.45) is 11.7 Å². The first-order valence-corrected chi connectivity index (χ1v) is 6.27. The van der Waals surface area contributed by atoms with E-state index < -0.39 is 0 Å². The van der Waals surface area contributed by atoms with E-state index in [0.717, 1.165) is 12.5 Å². The van der Waals surface area contributed by atoms with E-state index in [0.29, 0.717) is 6.04 Å². The fourth-order valence-electron chi connectivity index (χ4n) is 2.48. The molecule has 2 nitrogen and oxygen atoms in total. The summed E-state index contributed by atoms with van der Waals surface area (Å²) in [5.74, 6) is 0.729. The van der Waals surface area contributed by atoms with Gasteiger partial charge in [-0.2, -0.15) is 0 Å². The molecule has 0 aromatic heterocycles. The standard InChI is InChI=1S/C14H22N2/c1-12(15)14-7-9-16(10-8-14)11-13-5-3-2-4-6-13/h2-6,12,14H,7-11,15H2,1H3/t12-/m1/s1. The molecule has 0 aliphatic carbocycles. The average Bonchev–Trinajstić information content (AvgIpc) is 2.31. The third-order valence-corrected chi connectivity index (χ3v) is 3.62. The Hall–Kier alpha value is -0.860. The van der Waals surface area contributed by atoms with Crippen molar-refractivity contribution in [1.29, 1.82) is 0 Å². The number of likely N-dealkylation sites (tertiary alicyclic amines) is 1. The molecule has 0 radical (unpaired) electrons. The molecule has 0 saturated carbocycles. The van der Waals surface area contributed by atoms with Gasteiger partial charge in [-0.15, -0.1) is 0 Å².